The molecule has 1 aromatic heterocycles. The quantitative estimate of drug-likeness (QED) is 0.624. The lowest BCUT2D eigenvalue weighted by molar-refractivity contribution is -0.119. The Morgan fingerprint density at radius 3 is 2.75 bits per heavy atom. The summed E-state index contributed by atoms with van der Waals surface area (Å²) in [4.78, 5) is 15.8. The highest BCUT2D eigenvalue weighted by atomic mass is 35.5. The Morgan fingerprint density at radius 2 is 2.25 bits per heavy atom. The summed E-state index contributed by atoms with van der Waals surface area (Å²) in [6.07, 6.45) is -4.29. The number of carbonyl (C=O) groups is 1. The average Bonchev–Trinajstić information content (AvgIpc) is 2.62. The maximum atomic E-state index is 12.1. The van der Waals surface area contributed by atoms with Gasteiger partial charge in [0.2, 0.25) is 0 Å². The van der Waals surface area contributed by atoms with Gasteiger partial charge >= 0.3 is 6.18 Å². The first-order valence-corrected chi connectivity index (χ1v) is 5.57. The molecule has 1 aromatic rings. The number of carbonyl (C=O) groups excluding carboxylic acids is 1. The molecule has 0 spiro atoms. The Bertz CT molecular complexity index is 380. The van der Waals surface area contributed by atoms with E-state index in [4.69, 9.17) is 11.6 Å². The summed E-state index contributed by atoms with van der Waals surface area (Å²) in [5.41, 5.74) is 0.101. The van der Waals surface area contributed by atoms with E-state index >= 15 is 0 Å². The van der Waals surface area contributed by atoms with E-state index in [0.717, 1.165) is 16.2 Å². The SMILES string of the molecule is CN(CC(F)(F)F)c1nc(C(=O)CCl)cs1. The molecule has 0 fully saturated rings. The molecule has 0 radical (unpaired) electrons. The summed E-state index contributed by atoms with van der Waals surface area (Å²) in [7, 11) is 1.27. The van der Waals surface area contributed by atoms with E-state index in [1.165, 1.54) is 12.4 Å². The first-order valence-electron chi connectivity index (χ1n) is 4.16. The van der Waals surface area contributed by atoms with E-state index in [-0.39, 0.29) is 16.7 Å². The number of nitrogens with zero attached hydrogens (tertiary/aromatic N) is 2. The molecule has 90 valence electrons. The van der Waals surface area contributed by atoms with Crippen molar-refractivity contribution in [3.05, 3.63) is 11.1 Å². The monoisotopic (exact) mass is 272 g/mol. The summed E-state index contributed by atoms with van der Waals surface area (Å²) in [6.45, 7) is -1.10. The zero-order valence-corrected chi connectivity index (χ0v) is 9.79. The summed E-state index contributed by atoms with van der Waals surface area (Å²) in [5, 5.41) is 1.54. The molecule has 3 nitrogen and oxygen atoms in total. The topological polar surface area (TPSA) is 33.2 Å². The minimum atomic E-state index is -4.29. The van der Waals surface area contributed by atoms with Crippen molar-refractivity contribution in [1.29, 1.82) is 0 Å². The molecule has 0 aliphatic carbocycles. The minimum absolute atomic E-state index is 0.101. The highest BCUT2D eigenvalue weighted by Crippen LogP contribution is 2.24. The smallest absolute Gasteiger partial charge is 0.342 e. The van der Waals surface area contributed by atoms with Crippen LogP contribution in [0.4, 0.5) is 18.3 Å². The molecular formula is C8H8ClF3N2OS. The number of thiazole rings is 1. The number of rotatable bonds is 4. The van der Waals surface area contributed by atoms with Crippen molar-refractivity contribution in [3.63, 3.8) is 0 Å². The van der Waals surface area contributed by atoms with E-state index in [0.29, 0.717) is 0 Å². The van der Waals surface area contributed by atoms with Crippen LogP contribution < -0.4 is 4.90 Å². The molecule has 0 saturated heterocycles. The lowest BCUT2D eigenvalue weighted by Gasteiger charge is -2.17. The number of halogens is 4. The average molecular weight is 273 g/mol. The van der Waals surface area contributed by atoms with Crippen molar-refractivity contribution >= 4 is 33.9 Å². The number of alkyl halides is 4. The Morgan fingerprint density at radius 1 is 1.62 bits per heavy atom. The molecule has 0 amide bonds. The predicted octanol–water partition coefficient (Wildman–Crippen LogP) is 2.56. The first-order chi connectivity index (χ1) is 7.33. The van der Waals surface area contributed by atoms with Gasteiger partial charge in [-0.2, -0.15) is 13.2 Å². The molecule has 0 saturated carbocycles. The Labute approximate surface area is 98.8 Å². The van der Waals surface area contributed by atoms with Crippen molar-refractivity contribution in [2.45, 2.75) is 6.18 Å². The van der Waals surface area contributed by atoms with E-state index in [1.807, 2.05) is 0 Å². The van der Waals surface area contributed by atoms with Gasteiger partial charge in [-0.3, -0.25) is 4.79 Å². The molecule has 1 rings (SSSR count). The third-order valence-corrected chi connectivity index (χ3v) is 2.84. The third-order valence-electron chi connectivity index (χ3n) is 1.64. The standard InChI is InChI=1S/C8H8ClF3N2OS/c1-14(4-8(10,11)12)7-13-5(3-16-7)6(15)2-9/h3H,2,4H2,1H3. The number of hydrogen-bond donors (Lipinski definition) is 0. The Balaban J connectivity index is 2.74. The third kappa shape index (κ3) is 3.64. The molecule has 8 heteroatoms. The molecule has 0 N–H and O–H groups in total. The fourth-order valence-electron chi connectivity index (χ4n) is 0.973. The second kappa shape index (κ2) is 5.01. The van der Waals surface area contributed by atoms with Gasteiger partial charge in [-0.25, -0.2) is 4.98 Å². The molecule has 16 heavy (non-hydrogen) atoms. The largest absolute Gasteiger partial charge is 0.405 e. The van der Waals surface area contributed by atoms with Gasteiger partial charge in [0.05, 0.1) is 5.88 Å². The Hall–Kier alpha value is -0.820. The van der Waals surface area contributed by atoms with Crippen LogP contribution in [-0.2, 0) is 0 Å². The molecule has 0 aliphatic rings. The van der Waals surface area contributed by atoms with Gasteiger partial charge in [-0.15, -0.1) is 22.9 Å². The predicted molar refractivity (Wildman–Crippen MR) is 56.5 cm³/mol. The zero-order valence-electron chi connectivity index (χ0n) is 8.21. The lowest BCUT2D eigenvalue weighted by Crippen LogP contribution is -2.30. The highest BCUT2D eigenvalue weighted by molar-refractivity contribution is 7.13. The van der Waals surface area contributed by atoms with Gasteiger partial charge in [-0.1, -0.05) is 0 Å². The number of ketones is 1. The lowest BCUT2D eigenvalue weighted by atomic mass is 10.3. The minimum Gasteiger partial charge on any atom is -0.342 e. The molecule has 0 unspecified atom stereocenters. The number of anilines is 1. The maximum Gasteiger partial charge on any atom is 0.405 e. The fraction of sp³-hybridized carbons (Fsp3) is 0.500. The van der Waals surface area contributed by atoms with Crippen LogP contribution >= 0.6 is 22.9 Å². The fourth-order valence-corrected chi connectivity index (χ4v) is 1.91. The summed E-state index contributed by atoms with van der Waals surface area (Å²) >= 11 is 6.28. The second-order valence-corrected chi connectivity index (χ2v) is 4.15. The van der Waals surface area contributed by atoms with Crippen LogP contribution in [0.3, 0.4) is 0 Å². The highest BCUT2D eigenvalue weighted by Gasteiger charge is 2.30. The van der Waals surface area contributed by atoms with Crippen LogP contribution in [0.2, 0.25) is 0 Å². The van der Waals surface area contributed by atoms with Crippen molar-refractivity contribution in [1.82, 2.24) is 4.98 Å². The van der Waals surface area contributed by atoms with Gasteiger partial charge in [0.25, 0.3) is 0 Å². The van der Waals surface area contributed by atoms with Crippen molar-refractivity contribution in [2.24, 2.45) is 0 Å². The van der Waals surface area contributed by atoms with Crippen LogP contribution in [0, 0.1) is 0 Å². The maximum absolute atomic E-state index is 12.1. The van der Waals surface area contributed by atoms with Crippen LogP contribution in [0.15, 0.2) is 5.38 Å². The van der Waals surface area contributed by atoms with Crippen LogP contribution in [0.1, 0.15) is 10.5 Å². The normalized spacial score (nSPS) is 11.6. The van der Waals surface area contributed by atoms with Crippen LogP contribution in [0.5, 0.6) is 0 Å². The van der Waals surface area contributed by atoms with Gasteiger partial charge < -0.3 is 4.90 Å². The van der Waals surface area contributed by atoms with E-state index in [9.17, 15) is 18.0 Å². The van der Waals surface area contributed by atoms with Gasteiger partial charge in [0.1, 0.15) is 12.2 Å². The van der Waals surface area contributed by atoms with Crippen LogP contribution in [-0.4, -0.2) is 36.4 Å². The number of hydrogen-bond acceptors (Lipinski definition) is 4. The van der Waals surface area contributed by atoms with Gasteiger partial charge in [0, 0.05) is 12.4 Å². The van der Waals surface area contributed by atoms with Crippen LogP contribution in [0.25, 0.3) is 0 Å². The summed E-state index contributed by atoms with van der Waals surface area (Å²) in [6, 6.07) is 0. The number of aromatic nitrogens is 1. The first kappa shape index (κ1) is 13.2. The Kier molecular flexibility index (Phi) is 4.15. The van der Waals surface area contributed by atoms with Crippen molar-refractivity contribution < 1.29 is 18.0 Å². The van der Waals surface area contributed by atoms with Crippen molar-refractivity contribution in [3.8, 4) is 0 Å². The van der Waals surface area contributed by atoms with Gasteiger partial charge in [0.15, 0.2) is 10.9 Å². The molecule has 0 aromatic carbocycles. The van der Waals surface area contributed by atoms with Gasteiger partial charge in [-0.05, 0) is 0 Å². The zero-order chi connectivity index (χ0) is 12.3. The molecule has 0 aliphatic heterocycles. The van der Waals surface area contributed by atoms with Crippen molar-refractivity contribution in [2.75, 3.05) is 24.4 Å². The van der Waals surface area contributed by atoms with E-state index in [1.54, 1.807) is 0 Å². The molecule has 1 heterocycles. The molecule has 0 atom stereocenters. The van der Waals surface area contributed by atoms with E-state index in [2.05, 4.69) is 4.98 Å². The van der Waals surface area contributed by atoms with E-state index < -0.39 is 18.5 Å². The second-order valence-electron chi connectivity index (χ2n) is 3.04. The molecular weight excluding hydrogens is 265 g/mol. The molecule has 0 bridgehead atoms. The summed E-state index contributed by atoms with van der Waals surface area (Å²) < 4.78 is 36.2. The summed E-state index contributed by atoms with van der Waals surface area (Å²) in [5.74, 6) is -0.629. The number of Topliss-reactive ketones (excluding diaryl/α,β-unsaturated/α-hetero) is 1.